The predicted molar refractivity (Wildman–Crippen MR) is 93.4 cm³/mol. The van der Waals surface area contributed by atoms with Gasteiger partial charge in [0.15, 0.2) is 5.82 Å². The van der Waals surface area contributed by atoms with Crippen molar-refractivity contribution in [1.82, 2.24) is 20.0 Å². The van der Waals surface area contributed by atoms with E-state index in [2.05, 4.69) is 15.1 Å². The van der Waals surface area contributed by atoms with Crippen LogP contribution in [0.5, 0.6) is 0 Å². The summed E-state index contributed by atoms with van der Waals surface area (Å²) >= 11 is 1.61. The number of piperidine rings is 1. The van der Waals surface area contributed by atoms with Crippen LogP contribution >= 0.6 is 11.3 Å². The smallest absolute Gasteiger partial charge is 0.249 e. The molecule has 1 saturated heterocycles. The molecular weight excluding hydrogens is 340 g/mol. The fraction of sp³-hybridized carbons (Fsp3) is 0.647. The normalized spacial score (nSPS) is 17.8. The average molecular weight is 364 g/mol. The maximum Gasteiger partial charge on any atom is 0.249 e. The van der Waals surface area contributed by atoms with Crippen LogP contribution in [0.1, 0.15) is 54.0 Å². The number of rotatable bonds is 7. The Morgan fingerprint density at radius 3 is 3.08 bits per heavy atom. The van der Waals surface area contributed by atoms with E-state index in [9.17, 15) is 4.79 Å². The molecule has 1 atom stereocenters. The molecule has 1 aliphatic rings. The molecule has 1 amide bonds. The minimum atomic E-state index is -0.104. The lowest BCUT2D eigenvalue weighted by Crippen LogP contribution is -2.38. The number of carbonyl (C=O) groups excluding carboxylic acids is 1. The fourth-order valence-corrected chi connectivity index (χ4v) is 3.90. The Bertz CT molecular complexity index is 700. The van der Waals surface area contributed by atoms with Gasteiger partial charge in [-0.3, -0.25) is 4.79 Å². The van der Waals surface area contributed by atoms with Crippen LogP contribution in [0.2, 0.25) is 0 Å². The molecule has 0 N–H and O–H groups in total. The fourth-order valence-electron chi connectivity index (χ4n) is 3.11. The van der Waals surface area contributed by atoms with Crippen molar-refractivity contribution in [3.63, 3.8) is 0 Å². The van der Waals surface area contributed by atoms with Gasteiger partial charge in [-0.1, -0.05) is 5.16 Å². The van der Waals surface area contributed by atoms with Crippen molar-refractivity contribution in [2.45, 2.75) is 51.5 Å². The number of nitrogens with zero attached hydrogens (tertiary/aromatic N) is 4. The van der Waals surface area contributed by atoms with E-state index in [1.54, 1.807) is 18.4 Å². The number of thiazole rings is 1. The van der Waals surface area contributed by atoms with Crippen LogP contribution in [0, 0.1) is 6.92 Å². The van der Waals surface area contributed by atoms with Crippen LogP contribution in [0.3, 0.4) is 0 Å². The second kappa shape index (κ2) is 8.53. The lowest BCUT2D eigenvalue weighted by Gasteiger charge is -2.33. The number of hydrogen-bond acceptors (Lipinski definition) is 7. The first-order chi connectivity index (χ1) is 12.2. The highest BCUT2D eigenvalue weighted by atomic mass is 32.1. The summed E-state index contributed by atoms with van der Waals surface area (Å²) < 4.78 is 10.5. The van der Waals surface area contributed by atoms with Crippen LogP contribution in [-0.2, 0) is 22.4 Å². The van der Waals surface area contributed by atoms with Gasteiger partial charge in [0.25, 0.3) is 0 Å². The molecule has 0 unspecified atom stereocenters. The van der Waals surface area contributed by atoms with Crippen molar-refractivity contribution in [1.29, 1.82) is 0 Å². The van der Waals surface area contributed by atoms with E-state index in [0.29, 0.717) is 31.2 Å². The average Bonchev–Trinajstić information content (AvgIpc) is 3.27. The van der Waals surface area contributed by atoms with E-state index in [0.717, 1.165) is 37.9 Å². The van der Waals surface area contributed by atoms with E-state index in [1.807, 2.05) is 17.3 Å². The van der Waals surface area contributed by atoms with Gasteiger partial charge in [-0.05, 0) is 32.6 Å². The molecule has 1 aliphatic heterocycles. The molecule has 0 saturated carbocycles. The molecule has 136 valence electrons. The zero-order valence-electron chi connectivity index (χ0n) is 14.7. The predicted octanol–water partition coefficient (Wildman–Crippen LogP) is 2.71. The van der Waals surface area contributed by atoms with E-state index < -0.39 is 0 Å². The summed E-state index contributed by atoms with van der Waals surface area (Å²) in [5.74, 6) is 1.33. The SMILES string of the molecule is COCCc1noc([C@H]2CCCCN2C(=O)CCc2scnc2C)n1. The number of likely N-dealkylation sites (tertiary alicyclic amines) is 1. The zero-order valence-corrected chi connectivity index (χ0v) is 15.5. The molecule has 8 heteroatoms. The van der Waals surface area contributed by atoms with E-state index in [1.165, 1.54) is 4.88 Å². The van der Waals surface area contributed by atoms with Crippen LogP contribution in [-0.4, -0.2) is 46.2 Å². The quantitative estimate of drug-likeness (QED) is 0.751. The highest BCUT2D eigenvalue weighted by Gasteiger charge is 2.31. The number of amides is 1. The second-order valence-corrected chi connectivity index (χ2v) is 7.19. The molecular formula is C17H24N4O3S. The standard InChI is InChI=1S/C17H24N4O3S/c1-12-14(25-11-18-12)6-7-16(22)21-9-4-3-5-13(21)17-19-15(20-24-17)8-10-23-2/h11,13H,3-10H2,1-2H3/t13-/m1/s1. The van der Waals surface area contributed by atoms with Crippen LogP contribution in [0.15, 0.2) is 10.0 Å². The van der Waals surface area contributed by atoms with Gasteiger partial charge in [0.1, 0.15) is 6.04 Å². The molecule has 25 heavy (non-hydrogen) atoms. The largest absolute Gasteiger partial charge is 0.384 e. The Labute approximate surface area is 151 Å². The van der Waals surface area contributed by atoms with Crippen molar-refractivity contribution in [3.8, 4) is 0 Å². The van der Waals surface area contributed by atoms with Crippen molar-refractivity contribution >= 4 is 17.2 Å². The van der Waals surface area contributed by atoms with Crippen molar-refractivity contribution < 1.29 is 14.1 Å². The molecule has 3 rings (SSSR count). The molecule has 0 aromatic carbocycles. The van der Waals surface area contributed by atoms with Crippen LogP contribution in [0.25, 0.3) is 0 Å². The first-order valence-corrected chi connectivity index (χ1v) is 9.57. The molecule has 3 heterocycles. The lowest BCUT2D eigenvalue weighted by molar-refractivity contribution is -0.135. The number of hydrogen-bond donors (Lipinski definition) is 0. The van der Waals surface area contributed by atoms with Gasteiger partial charge in [0.05, 0.1) is 17.8 Å². The Balaban J connectivity index is 1.64. The summed E-state index contributed by atoms with van der Waals surface area (Å²) in [6.07, 6.45) is 4.80. The summed E-state index contributed by atoms with van der Waals surface area (Å²) in [7, 11) is 1.65. The molecule has 2 aromatic rings. The van der Waals surface area contributed by atoms with E-state index >= 15 is 0 Å². The number of carbonyl (C=O) groups is 1. The van der Waals surface area contributed by atoms with Crippen LogP contribution < -0.4 is 0 Å². The van der Waals surface area contributed by atoms with Crippen molar-refractivity contribution in [3.05, 3.63) is 27.8 Å². The monoisotopic (exact) mass is 364 g/mol. The summed E-state index contributed by atoms with van der Waals surface area (Å²) in [6, 6.07) is -0.104. The zero-order chi connectivity index (χ0) is 17.6. The molecule has 0 bridgehead atoms. The first kappa shape index (κ1) is 18.0. The summed E-state index contributed by atoms with van der Waals surface area (Å²) in [6.45, 7) is 3.29. The molecule has 1 fully saturated rings. The van der Waals surface area contributed by atoms with Gasteiger partial charge >= 0.3 is 0 Å². The third-order valence-electron chi connectivity index (χ3n) is 4.53. The Hall–Kier alpha value is -1.80. The van der Waals surface area contributed by atoms with E-state index in [-0.39, 0.29) is 11.9 Å². The highest BCUT2D eigenvalue weighted by Crippen LogP contribution is 2.31. The Kier molecular flexibility index (Phi) is 6.14. The summed E-state index contributed by atoms with van der Waals surface area (Å²) in [5.41, 5.74) is 2.85. The van der Waals surface area contributed by atoms with Gasteiger partial charge in [-0.2, -0.15) is 4.98 Å². The minimum Gasteiger partial charge on any atom is -0.384 e. The maximum atomic E-state index is 12.8. The topological polar surface area (TPSA) is 81.4 Å². The highest BCUT2D eigenvalue weighted by molar-refractivity contribution is 7.09. The van der Waals surface area contributed by atoms with Gasteiger partial charge in [-0.15, -0.1) is 11.3 Å². The second-order valence-electron chi connectivity index (χ2n) is 6.25. The third kappa shape index (κ3) is 4.43. The number of aryl methyl sites for hydroxylation is 2. The maximum absolute atomic E-state index is 12.8. The molecule has 0 aliphatic carbocycles. The minimum absolute atomic E-state index is 0.104. The molecule has 7 nitrogen and oxygen atoms in total. The van der Waals surface area contributed by atoms with Crippen LogP contribution in [0.4, 0.5) is 0 Å². The number of ether oxygens (including phenoxy) is 1. The Morgan fingerprint density at radius 1 is 1.44 bits per heavy atom. The van der Waals surface area contributed by atoms with E-state index in [4.69, 9.17) is 9.26 Å². The van der Waals surface area contributed by atoms with Gasteiger partial charge < -0.3 is 14.2 Å². The number of methoxy groups -OCH3 is 1. The van der Waals surface area contributed by atoms with Gasteiger partial charge in [0.2, 0.25) is 11.8 Å². The van der Waals surface area contributed by atoms with Gasteiger partial charge in [0, 0.05) is 31.4 Å². The molecule has 0 radical (unpaired) electrons. The number of aromatic nitrogens is 3. The Morgan fingerprint density at radius 2 is 2.32 bits per heavy atom. The molecule has 0 spiro atoms. The van der Waals surface area contributed by atoms with Crippen molar-refractivity contribution in [2.75, 3.05) is 20.3 Å². The summed E-state index contributed by atoms with van der Waals surface area (Å²) in [5, 5.41) is 4.01. The molecule has 2 aromatic heterocycles. The third-order valence-corrected chi connectivity index (χ3v) is 5.53. The van der Waals surface area contributed by atoms with Crippen molar-refractivity contribution in [2.24, 2.45) is 0 Å². The first-order valence-electron chi connectivity index (χ1n) is 8.69. The van der Waals surface area contributed by atoms with Gasteiger partial charge in [-0.25, -0.2) is 4.98 Å². The lowest BCUT2D eigenvalue weighted by atomic mass is 10.0. The summed E-state index contributed by atoms with van der Waals surface area (Å²) in [4.78, 5) is 24.6.